The van der Waals surface area contributed by atoms with Crippen molar-refractivity contribution in [2.45, 2.75) is 13.5 Å². The number of hydrogen-bond acceptors (Lipinski definition) is 4. The third-order valence-electron chi connectivity index (χ3n) is 3.58. The summed E-state index contributed by atoms with van der Waals surface area (Å²) in [5, 5.41) is 14.5. The maximum absolute atomic E-state index is 12.2. The summed E-state index contributed by atoms with van der Waals surface area (Å²) in [5.41, 5.74) is 1.99. The lowest BCUT2D eigenvalue weighted by molar-refractivity contribution is -0.384. The van der Waals surface area contributed by atoms with Gasteiger partial charge in [-0.1, -0.05) is 35.3 Å². The lowest BCUT2D eigenvalue weighted by Crippen LogP contribution is -2.30. The molecule has 2 aromatic rings. The Morgan fingerprint density at radius 3 is 2.64 bits per heavy atom. The number of likely N-dealkylation sites (N-methyl/N-ethyl adjacent to an activating group) is 1. The van der Waals surface area contributed by atoms with E-state index in [0.29, 0.717) is 27.8 Å². The van der Waals surface area contributed by atoms with E-state index in [0.717, 1.165) is 5.56 Å². The molecule has 2 rings (SSSR count). The van der Waals surface area contributed by atoms with Crippen LogP contribution >= 0.6 is 23.2 Å². The summed E-state index contributed by atoms with van der Waals surface area (Å²) < 4.78 is 0. The van der Waals surface area contributed by atoms with E-state index in [-0.39, 0.29) is 18.1 Å². The number of non-ortho nitro benzene ring substituents is 1. The van der Waals surface area contributed by atoms with Crippen LogP contribution in [0.3, 0.4) is 0 Å². The van der Waals surface area contributed by atoms with E-state index in [2.05, 4.69) is 5.32 Å². The number of nitro groups is 1. The minimum Gasteiger partial charge on any atom is -0.325 e. The van der Waals surface area contributed by atoms with Gasteiger partial charge >= 0.3 is 0 Å². The summed E-state index contributed by atoms with van der Waals surface area (Å²) >= 11 is 12.1. The largest absolute Gasteiger partial charge is 0.325 e. The molecule has 0 bridgehead atoms. The maximum Gasteiger partial charge on any atom is 0.269 e. The van der Waals surface area contributed by atoms with E-state index >= 15 is 0 Å². The fourth-order valence-corrected chi connectivity index (χ4v) is 2.73. The van der Waals surface area contributed by atoms with E-state index in [9.17, 15) is 14.9 Å². The normalized spacial score (nSPS) is 10.8. The number of amides is 1. The Hall–Kier alpha value is -2.15. The number of rotatable bonds is 6. The number of nitrogens with one attached hydrogen (secondary N) is 1. The van der Waals surface area contributed by atoms with Gasteiger partial charge in [-0.3, -0.25) is 19.8 Å². The van der Waals surface area contributed by atoms with Crippen molar-refractivity contribution in [3.8, 4) is 0 Å². The van der Waals surface area contributed by atoms with Crippen molar-refractivity contribution in [2.75, 3.05) is 18.9 Å². The Labute approximate surface area is 155 Å². The molecule has 0 spiro atoms. The molecule has 0 atom stereocenters. The van der Waals surface area contributed by atoms with E-state index in [4.69, 9.17) is 23.2 Å². The zero-order chi connectivity index (χ0) is 18.6. The Bertz CT molecular complexity index is 812. The molecule has 0 saturated carbocycles. The molecule has 6 nitrogen and oxygen atoms in total. The van der Waals surface area contributed by atoms with Crippen LogP contribution in [0.15, 0.2) is 36.4 Å². The van der Waals surface area contributed by atoms with Crippen LogP contribution in [-0.2, 0) is 11.3 Å². The van der Waals surface area contributed by atoms with Crippen molar-refractivity contribution in [1.82, 2.24) is 4.90 Å². The molecule has 0 unspecified atom stereocenters. The van der Waals surface area contributed by atoms with Crippen LogP contribution in [0.4, 0.5) is 11.4 Å². The topological polar surface area (TPSA) is 75.5 Å². The van der Waals surface area contributed by atoms with Gasteiger partial charge in [0.15, 0.2) is 0 Å². The number of benzene rings is 2. The number of halogens is 2. The van der Waals surface area contributed by atoms with Gasteiger partial charge in [-0.05, 0) is 37.2 Å². The highest BCUT2D eigenvalue weighted by Crippen LogP contribution is 2.26. The first-order valence-corrected chi connectivity index (χ1v) is 8.20. The van der Waals surface area contributed by atoms with Crippen LogP contribution in [0.25, 0.3) is 0 Å². The molecule has 8 heteroatoms. The van der Waals surface area contributed by atoms with Gasteiger partial charge < -0.3 is 5.32 Å². The monoisotopic (exact) mass is 381 g/mol. The summed E-state index contributed by atoms with van der Waals surface area (Å²) in [5.74, 6) is -0.224. The van der Waals surface area contributed by atoms with Gasteiger partial charge in [-0.2, -0.15) is 0 Å². The van der Waals surface area contributed by atoms with Crippen molar-refractivity contribution in [1.29, 1.82) is 0 Å². The molecule has 0 aliphatic heterocycles. The zero-order valence-electron chi connectivity index (χ0n) is 13.8. The van der Waals surface area contributed by atoms with Crippen LogP contribution in [-0.4, -0.2) is 29.3 Å². The van der Waals surface area contributed by atoms with E-state index in [1.807, 2.05) is 6.07 Å². The summed E-state index contributed by atoms with van der Waals surface area (Å²) in [7, 11) is 1.79. The maximum atomic E-state index is 12.2. The molecule has 0 saturated heterocycles. The number of anilines is 1. The predicted molar refractivity (Wildman–Crippen MR) is 99.3 cm³/mol. The minimum atomic E-state index is -0.471. The van der Waals surface area contributed by atoms with E-state index in [1.165, 1.54) is 18.2 Å². The Balaban J connectivity index is 1.98. The van der Waals surface area contributed by atoms with Crippen molar-refractivity contribution < 1.29 is 9.72 Å². The van der Waals surface area contributed by atoms with Crippen LogP contribution in [0, 0.1) is 17.0 Å². The van der Waals surface area contributed by atoms with Crippen molar-refractivity contribution in [3.63, 3.8) is 0 Å². The summed E-state index contributed by atoms with van der Waals surface area (Å²) in [6.45, 7) is 2.31. The molecular formula is C17H17Cl2N3O3. The average molecular weight is 382 g/mol. The molecule has 132 valence electrons. The molecule has 2 aromatic carbocycles. The molecule has 25 heavy (non-hydrogen) atoms. The standard InChI is InChI=1S/C17H17Cl2N3O3/c1-11-8-13(22(24)25)6-7-15(11)20-16(23)10-21(2)9-12-4-3-5-14(18)17(12)19/h3-8H,9-10H2,1-2H3,(H,20,23). The third-order valence-corrected chi connectivity index (χ3v) is 4.44. The molecule has 0 aromatic heterocycles. The second-order valence-corrected chi connectivity index (χ2v) is 6.47. The van der Waals surface area contributed by atoms with Gasteiger partial charge in [-0.15, -0.1) is 0 Å². The van der Waals surface area contributed by atoms with E-state index in [1.54, 1.807) is 31.0 Å². The van der Waals surface area contributed by atoms with Crippen molar-refractivity contribution in [3.05, 3.63) is 67.7 Å². The highest BCUT2D eigenvalue weighted by molar-refractivity contribution is 6.42. The van der Waals surface area contributed by atoms with Crippen molar-refractivity contribution >= 4 is 40.5 Å². The summed E-state index contributed by atoms with van der Waals surface area (Å²) in [4.78, 5) is 24.3. The molecule has 1 amide bonds. The minimum absolute atomic E-state index is 0.0109. The average Bonchev–Trinajstić information content (AvgIpc) is 2.53. The Morgan fingerprint density at radius 2 is 2.00 bits per heavy atom. The first-order valence-electron chi connectivity index (χ1n) is 7.44. The smallest absolute Gasteiger partial charge is 0.269 e. The number of carbonyl (C=O) groups excluding carboxylic acids is 1. The molecule has 0 aliphatic rings. The number of nitro benzene ring substituents is 1. The van der Waals surface area contributed by atoms with Gasteiger partial charge in [-0.25, -0.2) is 0 Å². The number of carbonyl (C=O) groups is 1. The second kappa shape index (κ2) is 8.29. The fraction of sp³-hybridized carbons (Fsp3) is 0.235. The van der Waals surface area contributed by atoms with Gasteiger partial charge in [0, 0.05) is 24.4 Å². The molecule has 0 aliphatic carbocycles. The number of aryl methyl sites for hydroxylation is 1. The first kappa shape index (κ1) is 19.2. The molecular weight excluding hydrogens is 365 g/mol. The summed E-state index contributed by atoms with van der Waals surface area (Å²) in [6.07, 6.45) is 0. The highest BCUT2D eigenvalue weighted by atomic mass is 35.5. The molecule has 1 N–H and O–H groups in total. The van der Waals surface area contributed by atoms with Crippen LogP contribution in [0.2, 0.25) is 10.0 Å². The lowest BCUT2D eigenvalue weighted by Gasteiger charge is -2.18. The quantitative estimate of drug-likeness (QED) is 0.598. The number of nitrogens with zero attached hydrogens (tertiary/aromatic N) is 2. The van der Waals surface area contributed by atoms with Gasteiger partial charge in [0.2, 0.25) is 5.91 Å². The van der Waals surface area contributed by atoms with Crippen LogP contribution in [0.5, 0.6) is 0 Å². The van der Waals surface area contributed by atoms with Crippen LogP contribution in [0.1, 0.15) is 11.1 Å². The Morgan fingerprint density at radius 1 is 1.28 bits per heavy atom. The number of hydrogen-bond donors (Lipinski definition) is 1. The molecule has 0 heterocycles. The molecule has 0 fully saturated rings. The lowest BCUT2D eigenvalue weighted by atomic mass is 10.1. The summed E-state index contributed by atoms with van der Waals surface area (Å²) in [6, 6.07) is 9.67. The third kappa shape index (κ3) is 5.16. The Kier molecular flexibility index (Phi) is 6.36. The van der Waals surface area contributed by atoms with Gasteiger partial charge in [0.25, 0.3) is 5.69 Å². The van der Waals surface area contributed by atoms with Crippen LogP contribution < -0.4 is 5.32 Å². The highest BCUT2D eigenvalue weighted by Gasteiger charge is 2.13. The fourth-order valence-electron chi connectivity index (χ4n) is 2.35. The molecule has 0 radical (unpaired) electrons. The van der Waals surface area contributed by atoms with E-state index < -0.39 is 4.92 Å². The van der Waals surface area contributed by atoms with Gasteiger partial charge in [0.1, 0.15) is 0 Å². The SMILES string of the molecule is Cc1cc([N+](=O)[O-])ccc1NC(=O)CN(C)Cc1cccc(Cl)c1Cl. The van der Waals surface area contributed by atoms with Crippen molar-refractivity contribution in [2.24, 2.45) is 0 Å². The second-order valence-electron chi connectivity index (χ2n) is 5.69. The first-order chi connectivity index (χ1) is 11.8. The zero-order valence-corrected chi connectivity index (χ0v) is 15.3. The van der Waals surface area contributed by atoms with Gasteiger partial charge in [0.05, 0.1) is 21.5 Å². The predicted octanol–water partition coefficient (Wildman–Crippen LogP) is 4.28.